The van der Waals surface area contributed by atoms with E-state index in [2.05, 4.69) is 20.4 Å². The van der Waals surface area contributed by atoms with Crippen LogP contribution >= 0.6 is 23.1 Å². The van der Waals surface area contributed by atoms with Crippen molar-refractivity contribution in [2.45, 2.75) is 11.3 Å². The Morgan fingerprint density at radius 2 is 2.36 bits per heavy atom. The summed E-state index contributed by atoms with van der Waals surface area (Å²) in [5.41, 5.74) is 0.558. The predicted octanol–water partition coefficient (Wildman–Crippen LogP) is 1.72. The molecule has 3 heterocycles. The number of thioether (sulfide) groups is 1. The first-order chi connectivity index (χ1) is 10.5. The monoisotopic (exact) mass is 338 g/mol. The second-order valence-electron chi connectivity index (χ2n) is 4.35. The smallest absolute Gasteiger partial charge is 0.253 e. The summed E-state index contributed by atoms with van der Waals surface area (Å²) in [6.07, 6.45) is 0. The van der Waals surface area contributed by atoms with Gasteiger partial charge in [-0.05, 0) is 6.92 Å². The minimum Gasteiger partial charge on any atom is -0.506 e. The number of carbonyl (C=O) groups is 1. The topological polar surface area (TPSA) is 121 Å². The fourth-order valence-electron chi connectivity index (χ4n) is 1.69. The Morgan fingerprint density at radius 3 is 3.09 bits per heavy atom. The Bertz CT molecular complexity index is 898. The van der Waals surface area contributed by atoms with Gasteiger partial charge in [-0.3, -0.25) is 14.9 Å². The van der Waals surface area contributed by atoms with Crippen molar-refractivity contribution < 1.29 is 14.4 Å². The van der Waals surface area contributed by atoms with Gasteiger partial charge in [0, 0.05) is 12.1 Å². The van der Waals surface area contributed by atoms with Crippen molar-refractivity contribution in [2.75, 3.05) is 11.1 Å². The minimum absolute atomic E-state index is 0.116. The highest BCUT2D eigenvalue weighted by Crippen LogP contribution is 2.32. The molecule has 0 atom stereocenters. The highest BCUT2D eigenvalue weighted by Gasteiger charge is 2.12. The van der Waals surface area contributed by atoms with E-state index in [-0.39, 0.29) is 23.3 Å². The summed E-state index contributed by atoms with van der Waals surface area (Å²) < 4.78 is 5.93. The van der Waals surface area contributed by atoms with E-state index in [1.54, 1.807) is 13.0 Å². The molecule has 3 aromatic heterocycles. The third-order valence-corrected chi connectivity index (χ3v) is 4.79. The summed E-state index contributed by atoms with van der Waals surface area (Å²) in [6.45, 7) is 1.75. The van der Waals surface area contributed by atoms with Gasteiger partial charge in [-0.25, -0.2) is 4.98 Å². The number of rotatable bonds is 4. The van der Waals surface area contributed by atoms with Crippen molar-refractivity contribution in [2.24, 2.45) is 0 Å². The number of fused-ring (bicyclic) bond motifs is 1. The number of H-pyrrole nitrogens is 1. The Morgan fingerprint density at radius 1 is 1.55 bits per heavy atom. The Hall–Kier alpha value is -2.33. The summed E-state index contributed by atoms with van der Waals surface area (Å²) in [5, 5.41) is 15.9. The number of anilines is 1. The van der Waals surface area contributed by atoms with E-state index >= 15 is 0 Å². The third kappa shape index (κ3) is 3.12. The van der Waals surface area contributed by atoms with Gasteiger partial charge in [0.15, 0.2) is 9.99 Å². The lowest BCUT2D eigenvalue weighted by Crippen LogP contribution is -2.13. The number of aromatic hydroxyl groups is 1. The average Bonchev–Trinajstić information content (AvgIpc) is 3.03. The molecule has 10 heteroatoms. The fourth-order valence-corrected chi connectivity index (χ4v) is 3.50. The molecule has 22 heavy (non-hydrogen) atoms. The maximum absolute atomic E-state index is 11.8. The van der Waals surface area contributed by atoms with Crippen LogP contribution in [-0.4, -0.2) is 31.9 Å². The average molecular weight is 338 g/mol. The van der Waals surface area contributed by atoms with Crippen LogP contribution in [0.3, 0.4) is 0 Å². The maximum Gasteiger partial charge on any atom is 0.253 e. The number of nitrogens with zero attached hydrogens (tertiary/aromatic N) is 2. The van der Waals surface area contributed by atoms with Crippen molar-refractivity contribution >= 4 is 45.2 Å². The van der Waals surface area contributed by atoms with Gasteiger partial charge in [0.05, 0.1) is 11.4 Å². The van der Waals surface area contributed by atoms with Crippen LogP contribution in [0.15, 0.2) is 25.8 Å². The predicted molar refractivity (Wildman–Crippen MR) is 82.5 cm³/mol. The number of thiazole rings is 1. The molecule has 3 aromatic rings. The quantitative estimate of drug-likeness (QED) is 0.619. The molecule has 0 fully saturated rings. The van der Waals surface area contributed by atoms with Gasteiger partial charge in [-0.1, -0.05) is 16.9 Å². The molecule has 0 saturated heterocycles. The number of amides is 1. The lowest BCUT2D eigenvalue weighted by atomic mass is 10.4. The number of aryl methyl sites for hydroxylation is 1. The summed E-state index contributed by atoms with van der Waals surface area (Å²) >= 11 is 2.40. The molecule has 0 spiro atoms. The molecule has 0 saturated carbocycles. The minimum atomic E-state index is -0.426. The fraction of sp³-hybridized carbons (Fsp3) is 0.167. The van der Waals surface area contributed by atoms with E-state index in [1.165, 1.54) is 23.1 Å². The van der Waals surface area contributed by atoms with E-state index < -0.39 is 5.56 Å². The van der Waals surface area contributed by atoms with Crippen LogP contribution < -0.4 is 10.9 Å². The third-order valence-electron chi connectivity index (χ3n) is 2.57. The van der Waals surface area contributed by atoms with Gasteiger partial charge < -0.3 is 14.6 Å². The molecular weight excluding hydrogens is 328 g/mol. The second-order valence-corrected chi connectivity index (χ2v) is 6.57. The zero-order chi connectivity index (χ0) is 15.7. The van der Waals surface area contributed by atoms with Gasteiger partial charge in [0.2, 0.25) is 11.8 Å². The molecule has 0 aliphatic rings. The Balaban J connectivity index is 1.67. The lowest BCUT2D eigenvalue weighted by Gasteiger charge is -1.98. The number of hydrogen-bond acceptors (Lipinski definition) is 8. The normalized spacial score (nSPS) is 11.0. The number of carbonyl (C=O) groups excluding carboxylic acids is 1. The largest absolute Gasteiger partial charge is 0.506 e. The zero-order valence-electron chi connectivity index (χ0n) is 11.2. The van der Waals surface area contributed by atoms with Crippen LogP contribution in [0.2, 0.25) is 0 Å². The molecule has 8 nitrogen and oxygen atoms in total. The van der Waals surface area contributed by atoms with Gasteiger partial charge in [-0.15, -0.1) is 11.3 Å². The first kappa shape index (κ1) is 14.6. The van der Waals surface area contributed by atoms with Crippen molar-refractivity contribution in [1.82, 2.24) is 15.1 Å². The van der Waals surface area contributed by atoms with Crippen molar-refractivity contribution in [1.29, 1.82) is 0 Å². The highest BCUT2D eigenvalue weighted by atomic mass is 32.2. The molecule has 0 aliphatic carbocycles. The van der Waals surface area contributed by atoms with Crippen LogP contribution in [0.5, 0.6) is 5.75 Å². The number of aromatic amines is 1. The van der Waals surface area contributed by atoms with Crippen LogP contribution in [0.1, 0.15) is 5.69 Å². The molecule has 114 valence electrons. The van der Waals surface area contributed by atoms with E-state index in [9.17, 15) is 14.7 Å². The number of nitrogens with one attached hydrogen (secondary N) is 2. The van der Waals surface area contributed by atoms with Gasteiger partial charge in [0.1, 0.15) is 10.4 Å². The van der Waals surface area contributed by atoms with Gasteiger partial charge in [-0.2, -0.15) is 0 Å². The summed E-state index contributed by atoms with van der Waals surface area (Å²) in [7, 11) is 0. The summed E-state index contributed by atoms with van der Waals surface area (Å²) in [6, 6.07) is 2.71. The van der Waals surface area contributed by atoms with Gasteiger partial charge >= 0.3 is 0 Å². The molecule has 0 aliphatic heterocycles. The lowest BCUT2D eigenvalue weighted by molar-refractivity contribution is -0.113. The van der Waals surface area contributed by atoms with E-state index in [0.29, 0.717) is 20.4 Å². The van der Waals surface area contributed by atoms with E-state index in [1.807, 2.05) is 0 Å². The molecule has 0 aromatic carbocycles. The van der Waals surface area contributed by atoms with Gasteiger partial charge in [0.25, 0.3) is 5.56 Å². The van der Waals surface area contributed by atoms with Crippen LogP contribution in [0.25, 0.3) is 10.3 Å². The maximum atomic E-state index is 11.8. The molecule has 0 radical (unpaired) electrons. The van der Waals surface area contributed by atoms with Crippen molar-refractivity contribution in [3.63, 3.8) is 0 Å². The van der Waals surface area contributed by atoms with Crippen molar-refractivity contribution in [3.05, 3.63) is 28.2 Å². The zero-order valence-corrected chi connectivity index (χ0v) is 12.9. The van der Waals surface area contributed by atoms with Crippen LogP contribution in [0.4, 0.5) is 5.88 Å². The van der Waals surface area contributed by atoms with Crippen LogP contribution in [0, 0.1) is 6.92 Å². The number of aromatic nitrogens is 3. The Kier molecular flexibility index (Phi) is 3.86. The summed E-state index contributed by atoms with van der Waals surface area (Å²) in [5.74, 6) is 0.0158. The molecule has 0 bridgehead atoms. The number of hydrogen-bond donors (Lipinski definition) is 3. The standard InChI is InChI=1S/C12H10N4O4S2/c1-5-2-9(20-16-5)13-8(19)4-21-12-15-11-10(22-12)6(17)3-7(18)14-11/h2-3H,4H2,1H3,(H,13,19)(H2,14,17,18). The first-order valence-corrected chi connectivity index (χ1v) is 7.90. The SMILES string of the molecule is Cc1cc(NC(=O)CSc2nc3[nH]c(=O)cc(O)c3s2)on1. The number of pyridine rings is 1. The van der Waals surface area contributed by atoms with Crippen LogP contribution in [-0.2, 0) is 4.79 Å². The molecule has 3 rings (SSSR count). The molecular formula is C12H10N4O4S2. The Labute approximate surface area is 131 Å². The first-order valence-electron chi connectivity index (χ1n) is 6.10. The highest BCUT2D eigenvalue weighted by molar-refractivity contribution is 8.01. The van der Waals surface area contributed by atoms with Crippen molar-refractivity contribution in [3.8, 4) is 5.75 Å². The molecule has 0 unspecified atom stereocenters. The van der Waals surface area contributed by atoms with E-state index in [0.717, 1.165) is 6.07 Å². The van der Waals surface area contributed by atoms with E-state index in [4.69, 9.17) is 4.52 Å². The molecule has 3 N–H and O–H groups in total. The second kappa shape index (κ2) is 5.81. The molecule has 1 amide bonds. The summed E-state index contributed by atoms with van der Waals surface area (Å²) in [4.78, 5) is 29.7.